The normalized spacial score (nSPS) is 19.4. The van der Waals surface area contributed by atoms with Gasteiger partial charge >= 0.3 is 0 Å². The molecule has 1 atom stereocenters. The van der Waals surface area contributed by atoms with E-state index in [4.69, 9.17) is 5.73 Å². The molecule has 0 bridgehead atoms. The molecule has 0 amide bonds. The van der Waals surface area contributed by atoms with Crippen LogP contribution in [0.15, 0.2) is 0 Å². The number of hydrogen-bond donors (Lipinski definition) is 1. The highest BCUT2D eigenvalue weighted by Gasteiger charge is 2.25. The van der Waals surface area contributed by atoms with Crippen LogP contribution in [0.3, 0.4) is 0 Å². The van der Waals surface area contributed by atoms with Crippen molar-refractivity contribution in [1.29, 1.82) is 0 Å². The average Bonchev–Trinajstić information content (AvgIpc) is 2.88. The standard InChI is InChI=1S/C11H24N2/c1-3-8-13(9-11-4-5-11)10(2)6-7-12/h10-11H,3-9,12H2,1-2H3. The minimum Gasteiger partial charge on any atom is -0.330 e. The monoisotopic (exact) mass is 184 g/mol. The lowest BCUT2D eigenvalue weighted by atomic mass is 10.2. The fourth-order valence-corrected chi connectivity index (χ4v) is 1.83. The van der Waals surface area contributed by atoms with Gasteiger partial charge in [-0.2, -0.15) is 0 Å². The summed E-state index contributed by atoms with van der Waals surface area (Å²) in [7, 11) is 0. The largest absolute Gasteiger partial charge is 0.330 e. The second-order valence-corrected chi connectivity index (χ2v) is 4.36. The van der Waals surface area contributed by atoms with E-state index in [1.807, 2.05) is 0 Å². The van der Waals surface area contributed by atoms with Crippen molar-refractivity contribution < 1.29 is 0 Å². The predicted molar refractivity (Wildman–Crippen MR) is 57.7 cm³/mol. The molecule has 2 heteroatoms. The van der Waals surface area contributed by atoms with Crippen LogP contribution in [0.25, 0.3) is 0 Å². The molecule has 78 valence electrons. The molecule has 2 nitrogen and oxygen atoms in total. The van der Waals surface area contributed by atoms with E-state index in [-0.39, 0.29) is 0 Å². The second-order valence-electron chi connectivity index (χ2n) is 4.36. The van der Waals surface area contributed by atoms with Gasteiger partial charge < -0.3 is 10.6 Å². The van der Waals surface area contributed by atoms with Gasteiger partial charge in [-0.15, -0.1) is 0 Å². The topological polar surface area (TPSA) is 29.3 Å². The number of nitrogens with zero attached hydrogens (tertiary/aromatic N) is 1. The summed E-state index contributed by atoms with van der Waals surface area (Å²) >= 11 is 0. The Balaban J connectivity index is 2.25. The van der Waals surface area contributed by atoms with E-state index in [1.165, 1.54) is 32.4 Å². The average molecular weight is 184 g/mol. The van der Waals surface area contributed by atoms with Crippen LogP contribution in [0.1, 0.15) is 39.5 Å². The fourth-order valence-electron chi connectivity index (χ4n) is 1.83. The summed E-state index contributed by atoms with van der Waals surface area (Å²) in [5.74, 6) is 1.01. The first-order valence-corrected chi connectivity index (χ1v) is 5.72. The van der Waals surface area contributed by atoms with Gasteiger partial charge in [0.1, 0.15) is 0 Å². The van der Waals surface area contributed by atoms with Crippen molar-refractivity contribution in [2.24, 2.45) is 11.7 Å². The highest BCUT2D eigenvalue weighted by molar-refractivity contribution is 4.79. The Morgan fingerprint density at radius 3 is 2.62 bits per heavy atom. The van der Waals surface area contributed by atoms with E-state index < -0.39 is 0 Å². The van der Waals surface area contributed by atoms with E-state index in [2.05, 4.69) is 18.7 Å². The van der Waals surface area contributed by atoms with E-state index >= 15 is 0 Å². The Bertz CT molecular complexity index is 132. The van der Waals surface area contributed by atoms with Gasteiger partial charge in [-0.3, -0.25) is 0 Å². The van der Waals surface area contributed by atoms with Gasteiger partial charge in [-0.25, -0.2) is 0 Å². The molecule has 2 N–H and O–H groups in total. The van der Waals surface area contributed by atoms with Crippen LogP contribution < -0.4 is 5.73 Å². The van der Waals surface area contributed by atoms with Crippen LogP contribution in [-0.2, 0) is 0 Å². The zero-order chi connectivity index (χ0) is 9.68. The van der Waals surface area contributed by atoms with Crippen LogP contribution >= 0.6 is 0 Å². The molecule has 0 radical (unpaired) electrons. The van der Waals surface area contributed by atoms with Gasteiger partial charge in [-0.1, -0.05) is 6.92 Å². The van der Waals surface area contributed by atoms with Crippen LogP contribution in [-0.4, -0.2) is 30.6 Å². The molecule has 0 heterocycles. The third-order valence-corrected chi connectivity index (χ3v) is 2.91. The van der Waals surface area contributed by atoms with Crippen molar-refractivity contribution in [2.45, 2.75) is 45.6 Å². The van der Waals surface area contributed by atoms with Gasteiger partial charge in [0.15, 0.2) is 0 Å². The van der Waals surface area contributed by atoms with E-state index in [0.717, 1.165) is 18.9 Å². The summed E-state index contributed by atoms with van der Waals surface area (Å²) in [5.41, 5.74) is 5.58. The zero-order valence-electron chi connectivity index (χ0n) is 9.13. The SMILES string of the molecule is CCCN(CC1CC1)C(C)CCN. The smallest absolute Gasteiger partial charge is 0.00790 e. The van der Waals surface area contributed by atoms with Crippen molar-refractivity contribution in [3.8, 4) is 0 Å². The van der Waals surface area contributed by atoms with Crippen molar-refractivity contribution in [2.75, 3.05) is 19.6 Å². The first-order valence-electron chi connectivity index (χ1n) is 5.72. The molecule has 0 aromatic carbocycles. The predicted octanol–water partition coefficient (Wildman–Crippen LogP) is 1.85. The fraction of sp³-hybridized carbons (Fsp3) is 1.00. The van der Waals surface area contributed by atoms with Gasteiger partial charge in [0.25, 0.3) is 0 Å². The summed E-state index contributed by atoms with van der Waals surface area (Å²) in [4.78, 5) is 2.62. The molecule has 1 aliphatic carbocycles. The van der Waals surface area contributed by atoms with Crippen molar-refractivity contribution in [1.82, 2.24) is 4.90 Å². The van der Waals surface area contributed by atoms with Gasteiger partial charge in [0.05, 0.1) is 0 Å². The van der Waals surface area contributed by atoms with Gasteiger partial charge in [-0.05, 0) is 51.6 Å². The Hall–Kier alpha value is -0.0800. The second kappa shape index (κ2) is 5.61. The first kappa shape index (κ1) is 11.0. The Morgan fingerprint density at radius 2 is 2.15 bits per heavy atom. The van der Waals surface area contributed by atoms with Crippen LogP contribution in [0.2, 0.25) is 0 Å². The maximum atomic E-state index is 5.58. The quantitative estimate of drug-likeness (QED) is 0.654. The van der Waals surface area contributed by atoms with Crippen LogP contribution in [0, 0.1) is 5.92 Å². The molecular weight excluding hydrogens is 160 g/mol. The Morgan fingerprint density at radius 1 is 1.46 bits per heavy atom. The Labute approximate surface area is 82.5 Å². The molecule has 1 unspecified atom stereocenters. The third kappa shape index (κ3) is 4.10. The summed E-state index contributed by atoms with van der Waals surface area (Å²) in [5, 5.41) is 0. The Kier molecular flexibility index (Phi) is 4.74. The highest BCUT2D eigenvalue weighted by Crippen LogP contribution is 2.30. The number of nitrogens with two attached hydrogens (primary N) is 1. The van der Waals surface area contributed by atoms with E-state index in [9.17, 15) is 0 Å². The minimum absolute atomic E-state index is 0.686. The number of hydrogen-bond acceptors (Lipinski definition) is 2. The lowest BCUT2D eigenvalue weighted by molar-refractivity contribution is 0.193. The molecule has 13 heavy (non-hydrogen) atoms. The maximum Gasteiger partial charge on any atom is 0.00790 e. The molecular formula is C11H24N2. The molecule has 1 saturated carbocycles. The molecule has 0 aromatic rings. The number of rotatable bonds is 7. The molecule has 1 rings (SSSR count). The maximum absolute atomic E-state index is 5.58. The van der Waals surface area contributed by atoms with Gasteiger partial charge in [0, 0.05) is 12.6 Å². The minimum atomic E-state index is 0.686. The van der Waals surface area contributed by atoms with Crippen molar-refractivity contribution in [3.05, 3.63) is 0 Å². The highest BCUT2D eigenvalue weighted by atomic mass is 15.2. The van der Waals surface area contributed by atoms with Crippen LogP contribution in [0.4, 0.5) is 0 Å². The van der Waals surface area contributed by atoms with E-state index in [1.54, 1.807) is 0 Å². The van der Waals surface area contributed by atoms with E-state index in [0.29, 0.717) is 6.04 Å². The lowest BCUT2D eigenvalue weighted by Crippen LogP contribution is -2.36. The molecule has 1 aliphatic rings. The van der Waals surface area contributed by atoms with Crippen molar-refractivity contribution >= 4 is 0 Å². The molecule has 0 aromatic heterocycles. The van der Waals surface area contributed by atoms with Crippen molar-refractivity contribution in [3.63, 3.8) is 0 Å². The summed E-state index contributed by atoms with van der Waals surface area (Å²) < 4.78 is 0. The molecule has 0 saturated heterocycles. The molecule has 0 spiro atoms. The third-order valence-electron chi connectivity index (χ3n) is 2.91. The first-order chi connectivity index (χ1) is 6.27. The van der Waals surface area contributed by atoms with Gasteiger partial charge in [0.2, 0.25) is 0 Å². The molecule has 0 aliphatic heterocycles. The summed E-state index contributed by atoms with van der Waals surface area (Å²) in [6, 6.07) is 0.686. The molecule has 1 fully saturated rings. The summed E-state index contributed by atoms with van der Waals surface area (Å²) in [6.07, 6.45) is 5.32. The van der Waals surface area contributed by atoms with Crippen LogP contribution in [0.5, 0.6) is 0 Å². The summed E-state index contributed by atoms with van der Waals surface area (Å²) in [6.45, 7) is 7.96. The lowest BCUT2D eigenvalue weighted by Gasteiger charge is -2.28. The zero-order valence-corrected chi connectivity index (χ0v) is 9.13.